The molecule has 2 rings (SSSR count). The molecular formula is C9H7ClN. The number of aryl methyl sites for hydroxylation is 1. The van der Waals surface area contributed by atoms with Crippen LogP contribution in [0.5, 0.6) is 0 Å². The molecule has 0 spiro atoms. The van der Waals surface area contributed by atoms with Crippen LogP contribution < -0.4 is 5.32 Å². The lowest BCUT2D eigenvalue weighted by Crippen LogP contribution is -1.85. The van der Waals surface area contributed by atoms with Crippen molar-refractivity contribution < 1.29 is 0 Å². The Morgan fingerprint density at radius 1 is 1.36 bits per heavy atom. The molecule has 0 N–H and O–H groups in total. The number of halogens is 1. The van der Waals surface area contributed by atoms with E-state index in [2.05, 4.69) is 12.2 Å². The molecule has 0 unspecified atom stereocenters. The highest BCUT2D eigenvalue weighted by atomic mass is 35.5. The maximum Gasteiger partial charge on any atom is 0.0891 e. The van der Waals surface area contributed by atoms with Crippen LogP contribution in [-0.2, 0) is 0 Å². The Morgan fingerprint density at radius 2 is 2.18 bits per heavy atom. The Bertz CT molecular complexity index is 329. The molecule has 0 bridgehead atoms. The normalized spacial score (nSPS) is 12.9. The van der Waals surface area contributed by atoms with Gasteiger partial charge in [-0.05, 0) is 24.6 Å². The molecule has 1 aromatic carbocycles. The van der Waals surface area contributed by atoms with Crippen LogP contribution in [0.3, 0.4) is 0 Å². The smallest absolute Gasteiger partial charge is 0.0891 e. The average molecular weight is 165 g/mol. The van der Waals surface area contributed by atoms with Crippen LogP contribution in [0, 0.1) is 6.92 Å². The minimum atomic E-state index is 0.732. The van der Waals surface area contributed by atoms with E-state index in [9.17, 15) is 0 Å². The molecule has 1 aromatic rings. The molecule has 1 aliphatic rings. The molecule has 0 aromatic heterocycles. The van der Waals surface area contributed by atoms with Gasteiger partial charge < -0.3 is 0 Å². The maximum atomic E-state index is 5.91. The highest BCUT2D eigenvalue weighted by molar-refractivity contribution is 6.33. The van der Waals surface area contributed by atoms with E-state index in [1.165, 1.54) is 5.56 Å². The van der Waals surface area contributed by atoms with Gasteiger partial charge in [-0.25, -0.2) is 0 Å². The molecule has 0 atom stereocenters. The van der Waals surface area contributed by atoms with Crippen LogP contribution >= 0.6 is 11.6 Å². The monoisotopic (exact) mass is 164 g/mol. The maximum absolute atomic E-state index is 5.91. The van der Waals surface area contributed by atoms with Crippen molar-refractivity contribution in [1.29, 1.82) is 0 Å². The van der Waals surface area contributed by atoms with Crippen LogP contribution in [0.4, 0.5) is 5.69 Å². The van der Waals surface area contributed by atoms with Crippen molar-refractivity contribution in [3.8, 4) is 0 Å². The Labute approximate surface area is 70.7 Å². The highest BCUT2D eigenvalue weighted by Gasteiger charge is 2.11. The van der Waals surface area contributed by atoms with Crippen molar-refractivity contribution in [3.05, 3.63) is 34.5 Å². The standard InChI is InChI=1S/C9H7ClN/c1-6-2-3-8(10)9-7(6)4-5-11-9/h2-5H,1H3. The Hall–Kier alpha value is -0.950. The minimum absolute atomic E-state index is 0.732. The highest BCUT2D eigenvalue weighted by Crippen LogP contribution is 2.33. The van der Waals surface area contributed by atoms with Gasteiger partial charge in [-0.2, -0.15) is 0 Å². The summed E-state index contributed by atoms with van der Waals surface area (Å²) in [6, 6.07) is 3.89. The van der Waals surface area contributed by atoms with E-state index in [-0.39, 0.29) is 0 Å². The van der Waals surface area contributed by atoms with E-state index in [1.54, 1.807) is 6.20 Å². The van der Waals surface area contributed by atoms with Crippen LogP contribution in [-0.4, -0.2) is 0 Å². The lowest BCUT2D eigenvalue weighted by Gasteiger charge is -2.02. The number of hydrogen-bond acceptors (Lipinski definition) is 0. The van der Waals surface area contributed by atoms with Crippen molar-refractivity contribution in [3.63, 3.8) is 0 Å². The third-order valence-corrected chi connectivity index (χ3v) is 2.14. The van der Waals surface area contributed by atoms with Crippen LogP contribution in [0.1, 0.15) is 11.1 Å². The summed E-state index contributed by atoms with van der Waals surface area (Å²) >= 11 is 5.91. The van der Waals surface area contributed by atoms with E-state index in [0.29, 0.717) is 0 Å². The van der Waals surface area contributed by atoms with Crippen molar-refractivity contribution in [2.45, 2.75) is 6.92 Å². The fourth-order valence-corrected chi connectivity index (χ4v) is 1.42. The van der Waals surface area contributed by atoms with E-state index in [0.717, 1.165) is 16.3 Å². The van der Waals surface area contributed by atoms with Gasteiger partial charge >= 0.3 is 0 Å². The van der Waals surface area contributed by atoms with Crippen molar-refractivity contribution in [2.24, 2.45) is 0 Å². The van der Waals surface area contributed by atoms with Gasteiger partial charge in [-0.15, -0.1) is 0 Å². The number of hydrogen-bond donors (Lipinski definition) is 0. The predicted octanol–water partition coefficient (Wildman–Crippen LogP) is 2.87. The fraction of sp³-hybridized carbons (Fsp3) is 0.111. The second-order valence-corrected chi connectivity index (χ2v) is 2.98. The first-order valence-electron chi connectivity index (χ1n) is 3.45. The Balaban J connectivity index is 2.71. The Morgan fingerprint density at radius 3 is 2.91 bits per heavy atom. The summed E-state index contributed by atoms with van der Waals surface area (Å²) in [5.74, 6) is 0. The summed E-state index contributed by atoms with van der Waals surface area (Å²) < 4.78 is 0. The molecule has 0 fully saturated rings. The average Bonchev–Trinajstić information content (AvgIpc) is 2.45. The topological polar surface area (TPSA) is 14.1 Å². The molecular weight excluding hydrogens is 158 g/mol. The summed E-state index contributed by atoms with van der Waals surface area (Å²) in [5.41, 5.74) is 3.28. The van der Waals surface area contributed by atoms with Crippen LogP contribution in [0.15, 0.2) is 18.3 Å². The van der Waals surface area contributed by atoms with Crippen molar-refractivity contribution in [2.75, 3.05) is 0 Å². The van der Waals surface area contributed by atoms with Gasteiger partial charge in [-0.1, -0.05) is 17.7 Å². The lowest BCUT2D eigenvalue weighted by molar-refractivity contribution is 1.21. The molecule has 2 heteroatoms. The van der Waals surface area contributed by atoms with Crippen molar-refractivity contribution in [1.82, 2.24) is 5.32 Å². The first-order chi connectivity index (χ1) is 5.29. The van der Waals surface area contributed by atoms with Gasteiger partial charge in [0.25, 0.3) is 0 Å². The van der Waals surface area contributed by atoms with Gasteiger partial charge in [0, 0.05) is 11.8 Å². The van der Waals surface area contributed by atoms with Gasteiger partial charge in [0.15, 0.2) is 0 Å². The Kier molecular flexibility index (Phi) is 1.40. The number of rotatable bonds is 0. The van der Waals surface area contributed by atoms with E-state index in [4.69, 9.17) is 11.6 Å². The number of benzene rings is 1. The summed E-state index contributed by atoms with van der Waals surface area (Å²) in [6.07, 6.45) is 3.76. The summed E-state index contributed by atoms with van der Waals surface area (Å²) in [7, 11) is 0. The van der Waals surface area contributed by atoms with Gasteiger partial charge in [-0.3, -0.25) is 5.32 Å². The number of fused-ring (bicyclic) bond motifs is 1. The molecule has 0 saturated heterocycles. The van der Waals surface area contributed by atoms with Crippen molar-refractivity contribution >= 4 is 23.4 Å². The SMILES string of the molecule is Cc1ccc(Cl)c2c1C=C[N]2. The zero-order valence-corrected chi connectivity index (χ0v) is 6.89. The fourth-order valence-electron chi connectivity index (χ4n) is 1.21. The molecule has 0 amide bonds. The molecule has 1 radical (unpaired) electrons. The van der Waals surface area contributed by atoms with Gasteiger partial charge in [0.2, 0.25) is 0 Å². The van der Waals surface area contributed by atoms with Crippen LogP contribution in [0.25, 0.3) is 6.08 Å². The molecule has 55 valence electrons. The van der Waals surface area contributed by atoms with Gasteiger partial charge in [0.1, 0.15) is 0 Å². The molecule has 0 saturated carbocycles. The summed E-state index contributed by atoms with van der Waals surface area (Å²) in [5, 5.41) is 4.88. The molecule has 0 aliphatic carbocycles. The second-order valence-electron chi connectivity index (χ2n) is 2.57. The lowest BCUT2D eigenvalue weighted by atomic mass is 10.1. The third kappa shape index (κ3) is 0.925. The minimum Gasteiger partial charge on any atom is -0.255 e. The number of nitrogens with zero attached hydrogens (tertiary/aromatic N) is 1. The predicted molar refractivity (Wildman–Crippen MR) is 47.0 cm³/mol. The first kappa shape index (κ1) is 6.74. The zero-order chi connectivity index (χ0) is 7.84. The quantitative estimate of drug-likeness (QED) is 0.560. The molecule has 1 heterocycles. The second kappa shape index (κ2) is 2.28. The molecule has 11 heavy (non-hydrogen) atoms. The van der Waals surface area contributed by atoms with E-state index in [1.807, 2.05) is 18.2 Å². The third-order valence-electron chi connectivity index (χ3n) is 1.83. The van der Waals surface area contributed by atoms with Crippen LogP contribution in [0.2, 0.25) is 5.02 Å². The largest absolute Gasteiger partial charge is 0.255 e. The molecule has 1 aliphatic heterocycles. The first-order valence-corrected chi connectivity index (χ1v) is 3.83. The summed E-state index contributed by atoms with van der Waals surface area (Å²) in [4.78, 5) is 0. The van der Waals surface area contributed by atoms with Gasteiger partial charge in [0.05, 0.1) is 10.7 Å². The zero-order valence-electron chi connectivity index (χ0n) is 6.13. The van der Waals surface area contributed by atoms with E-state index < -0.39 is 0 Å². The summed E-state index contributed by atoms with van der Waals surface area (Å²) in [6.45, 7) is 2.06. The van der Waals surface area contributed by atoms with E-state index >= 15 is 0 Å². The molecule has 1 nitrogen and oxygen atoms in total.